The number of aromatic nitrogens is 2. The zero-order valence-electron chi connectivity index (χ0n) is 8.97. The Morgan fingerprint density at radius 3 is 2.88 bits per heavy atom. The number of hydrogen-bond acceptors (Lipinski definition) is 3. The summed E-state index contributed by atoms with van der Waals surface area (Å²) in [4.78, 5) is 15.1. The van der Waals surface area contributed by atoms with Crippen molar-refractivity contribution < 1.29 is 9.90 Å². The lowest BCUT2D eigenvalue weighted by molar-refractivity contribution is 0.0679. The summed E-state index contributed by atoms with van der Waals surface area (Å²) < 4.78 is 1.68. The van der Waals surface area contributed by atoms with E-state index in [-0.39, 0.29) is 5.82 Å². The van der Waals surface area contributed by atoms with Crippen LogP contribution in [0.25, 0.3) is 11.0 Å². The van der Waals surface area contributed by atoms with E-state index in [1.807, 2.05) is 19.1 Å². The van der Waals surface area contributed by atoms with Crippen molar-refractivity contribution in [1.82, 2.24) is 9.55 Å². The molecule has 3 N–H and O–H groups in total. The van der Waals surface area contributed by atoms with Crippen LogP contribution in [-0.4, -0.2) is 20.6 Å². The van der Waals surface area contributed by atoms with E-state index in [2.05, 4.69) is 4.98 Å². The minimum atomic E-state index is -1.01. The highest BCUT2D eigenvalue weighted by atomic mass is 16.4. The number of nitrogens with two attached hydrogens (primary N) is 1. The SMILES string of the molecule is CCn1c(C(=O)O)nc2cccc(CN)c21. The maximum atomic E-state index is 11.0. The number of imidazole rings is 1. The number of benzene rings is 1. The minimum absolute atomic E-state index is 0.0680. The maximum Gasteiger partial charge on any atom is 0.372 e. The Morgan fingerprint density at radius 1 is 1.56 bits per heavy atom. The van der Waals surface area contributed by atoms with Gasteiger partial charge >= 0.3 is 5.97 Å². The first kappa shape index (κ1) is 10.6. The Kier molecular flexibility index (Phi) is 2.62. The number of rotatable bonds is 3. The van der Waals surface area contributed by atoms with Crippen LogP contribution in [0, 0.1) is 0 Å². The summed E-state index contributed by atoms with van der Waals surface area (Å²) in [5, 5.41) is 9.05. The van der Waals surface area contributed by atoms with E-state index >= 15 is 0 Å². The largest absolute Gasteiger partial charge is 0.475 e. The molecule has 0 aliphatic rings. The molecule has 16 heavy (non-hydrogen) atoms. The van der Waals surface area contributed by atoms with Crippen molar-refractivity contribution >= 4 is 17.0 Å². The topological polar surface area (TPSA) is 81.1 Å². The molecule has 5 nitrogen and oxygen atoms in total. The van der Waals surface area contributed by atoms with Crippen molar-refractivity contribution in [2.75, 3.05) is 0 Å². The fourth-order valence-electron chi connectivity index (χ4n) is 1.90. The van der Waals surface area contributed by atoms with Gasteiger partial charge in [-0.2, -0.15) is 0 Å². The molecular weight excluding hydrogens is 206 g/mol. The summed E-state index contributed by atoms with van der Waals surface area (Å²) in [6.07, 6.45) is 0. The van der Waals surface area contributed by atoms with Gasteiger partial charge in [0.1, 0.15) is 0 Å². The highest BCUT2D eigenvalue weighted by molar-refractivity contribution is 5.91. The molecule has 1 aromatic heterocycles. The van der Waals surface area contributed by atoms with Gasteiger partial charge in [0.25, 0.3) is 0 Å². The summed E-state index contributed by atoms with van der Waals surface area (Å²) >= 11 is 0. The van der Waals surface area contributed by atoms with Crippen molar-refractivity contribution in [2.24, 2.45) is 5.73 Å². The molecule has 2 rings (SSSR count). The van der Waals surface area contributed by atoms with Crippen LogP contribution in [0.1, 0.15) is 23.1 Å². The predicted molar refractivity (Wildman–Crippen MR) is 60.3 cm³/mol. The third-order valence-electron chi connectivity index (χ3n) is 2.58. The third kappa shape index (κ3) is 1.45. The van der Waals surface area contributed by atoms with Crippen LogP contribution < -0.4 is 5.73 Å². The van der Waals surface area contributed by atoms with Gasteiger partial charge in [-0.25, -0.2) is 9.78 Å². The van der Waals surface area contributed by atoms with Gasteiger partial charge in [-0.05, 0) is 18.6 Å². The number of carbonyl (C=O) groups is 1. The maximum absolute atomic E-state index is 11.0. The van der Waals surface area contributed by atoms with E-state index in [1.165, 1.54) is 0 Å². The van der Waals surface area contributed by atoms with E-state index < -0.39 is 5.97 Å². The quantitative estimate of drug-likeness (QED) is 0.813. The highest BCUT2D eigenvalue weighted by Crippen LogP contribution is 2.20. The third-order valence-corrected chi connectivity index (χ3v) is 2.58. The van der Waals surface area contributed by atoms with Crippen LogP contribution in [0.3, 0.4) is 0 Å². The fraction of sp³-hybridized carbons (Fsp3) is 0.273. The van der Waals surface area contributed by atoms with Crippen LogP contribution >= 0.6 is 0 Å². The number of aryl methyl sites for hydroxylation is 1. The molecule has 1 aromatic carbocycles. The molecule has 0 amide bonds. The van der Waals surface area contributed by atoms with Gasteiger partial charge in [-0.3, -0.25) is 0 Å². The molecule has 0 atom stereocenters. The number of fused-ring (bicyclic) bond motifs is 1. The second-order valence-electron chi connectivity index (χ2n) is 3.47. The van der Waals surface area contributed by atoms with Gasteiger partial charge < -0.3 is 15.4 Å². The molecule has 84 valence electrons. The minimum Gasteiger partial charge on any atom is -0.475 e. The second-order valence-corrected chi connectivity index (χ2v) is 3.47. The molecule has 0 saturated carbocycles. The lowest BCUT2D eigenvalue weighted by atomic mass is 10.2. The molecule has 0 aliphatic heterocycles. The standard InChI is InChI=1S/C11H13N3O2/c1-2-14-9-7(6-12)4-3-5-8(9)13-10(14)11(15)16/h3-5H,2,6,12H2,1H3,(H,15,16). The average molecular weight is 219 g/mol. The Morgan fingerprint density at radius 2 is 2.31 bits per heavy atom. The Labute approximate surface area is 92.5 Å². The predicted octanol–water partition coefficient (Wildman–Crippen LogP) is 1.21. The smallest absolute Gasteiger partial charge is 0.372 e. The Bertz CT molecular complexity index is 545. The normalized spacial score (nSPS) is 10.9. The molecule has 0 bridgehead atoms. The summed E-state index contributed by atoms with van der Waals surface area (Å²) in [6.45, 7) is 2.83. The van der Waals surface area contributed by atoms with Crippen molar-refractivity contribution in [3.05, 3.63) is 29.6 Å². The summed E-state index contributed by atoms with van der Waals surface area (Å²) in [5.74, 6) is -0.945. The lowest BCUT2D eigenvalue weighted by Crippen LogP contribution is -2.09. The molecule has 0 fully saturated rings. The van der Waals surface area contributed by atoms with Crippen LogP contribution in [0.4, 0.5) is 0 Å². The van der Waals surface area contributed by atoms with E-state index in [0.29, 0.717) is 18.6 Å². The number of aromatic carboxylic acids is 1. The van der Waals surface area contributed by atoms with E-state index in [0.717, 1.165) is 11.1 Å². The summed E-state index contributed by atoms with van der Waals surface area (Å²) in [6, 6.07) is 5.53. The Balaban J connectivity index is 2.83. The van der Waals surface area contributed by atoms with Crippen molar-refractivity contribution in [1.29, 1.82) is 0 Å². The zero-order chi connectivity index (χ0) is 11.7. The van der Waals surface area contributed by atoms with Crippen molar-refractivity contribution in [2.45, 2.75) is 20.0 Å². The first-order valence-electron chi connectivity index (χ1n) is 5.10. The first-order chi connectivity index (χ1) is 7.69. The molecule has 0 saturated heterocycles. The Hall–Kier alpha value is -1.88. The lowest BCUT2D eigenvalue weighted by Gasteiger charge is -2.05. The van der Waals surface area contributed by atoms with Crippen LogP contribution in [-0.2, 0) is 13.1 Å². The first-order valence-corrected chi connectivity index (χ1v) is 5.10. The van der Waals surface area contributed by atoms with Gasteiger partial charge in [-0.1, -0.05) is 12.1 Å². The van der Waals surface area contributed by atoms with E-state index in [9.17, 15) is 4.79 Å². The zero-order valence-corrected chi connectivity index (χ0v) is 8.97. The van der Waals surface area contributed by atoms with E-state index in [1.54, 1.807) is 10.6 Å². The molecule has 0 unspecified atom stereocenters. The van der Waals surface area contributed by atoms with Crippen LogP contribution in [0.15, 0.2) is 18.2 Å². The number of para-hydroxylation sites is 1. The molecule has 5 heteroatoms. The average Bonchev–Trinajstić information content (AvgIpc) is 2.67. The van der Waals surface area contributed by atoms with Crippen LogP contribution in [0.5, 0.6) is 0 Å². The van der Waals surface area contributed by atoms with Crippen molar-refractivity contribution in [3.63, 3.8) is 0 Å². The fourth-order valence-corrected chi connectivity index (χ4v) is 1.90. The summed E-state index contributed by atoms with van der Waals surface area (Å²) in [7, 11) is 0. The molecular formula is C11H13N3O2. The number of nitrogens with zero attached hydrogens (tertiary/aromatic N) is 2. The van der Waals surface area contributed by atoms with Gasteiger partial charge in [0.05, 0.1) is 11.0 Å². The number of hydrogen-bond donors (Lipinski definition) is 2. The van der Waals surface area contributed by atoms with Gasteiger partial charge in [0.15, 0.2) is 0 Å². The van der Waals surface area contributed by atoms with Crippen LogP contribution in [0.2, 0.25) is 0 Å². The van der Waals surface area contributed by atoms with Gasteiger partial charge in [0, 0.05) is 13.1 Å². The number of carboxylic acid groups (broad SMARTS) is 1. The monoisotopic (exact) mass is 219 g/mol. The number of carboxylic acids is 1. The molecule has 1 heterocycles. The molecule has 2 aromatic rings. The highest BCUT2D eigenvalue weighted by Gasteiger charge is 2.16. The van der Waals surface area contributed by atoms with Gasteiger partial charge in [0.2, 0.25) is 5.82 Å². The van der Waals surface area contributed by atoms with E-state index in [4.69, 9.17) is 10.8 Å². The molecule has 0 radical (unpaired) electrons. The molecule has 0 aliphatic carbocycles. The van der Waals surface area contributed by atoms with Gasteiger partial charge in [-0.15, -0.1) is 0 Å². The second kappa shape index (κ2) is 3.94. The molecule has 0 spiro atoms. The van der Waals surface area contributed by atoms with Crippen molar-refractivity contribution in [3.8, 4) is 0 Å². The summed E-state index contributed by atoms with van der Waals surface area (Å²) in [5.41, 5.74) is 8.06.